The molecule has 3 rings (SSSR count). The maximum absolute atomic E-state index is 11.6. The van der Waals surface area contributed by atoms with Crippen LogP contribution in [-0.4, -0.2) is 11.9 Å². The van der Waals surface area contributed by atoms with E-state index in [1.807, 2.05) is 36.4 Å². The number of hydrogen-bond acceptors (Lipinski definition) is 5. The minimum atomic E-state index is -0.499. The fraction of sp³-hybridized carbons (Fsp3) is 0.200. The van der Waals surface area contributed by atoms with Gasteiger partial charge in [-0.1, -0.05) is 44.7 Å². The molecule has 3 aromatic rings. The Hall–Kier alpha value is -4.12. The summed E-state index contributed by atoms with van der Waals surface area (Å²) in [5.41, 5.74) is 6.36. The summed E-state index contributed by atoms with van der Waals surface area (Å²) in [5, 5.41) is 0. The summed E-state index contributed by atoms with van der Waals surface area (Å²) in [5.74, 6) is -0.501. The molecule has 5 heteroatoms. The molecule has 0 fully saturated rings. The first-order valence-electron chi connectivity index (χ1n) is 11.7. The average molecular weight is 470 g/mol. The van der Waals surface area contributed by atoms with Gasteiger partial charge in [-0.2, -0.15) is 0 Å². The molecule has 0 radical (unpaired) electrons. The fourth-order valence-electron chi connectivity index (χ4n) is 3.66. The summed E-state index contributed by atoms with van der Waals surface area (Å²) in [6, 6.07) is 21.7. The number of ether oxygens (including phenoxy) is 2. The summed E-state index contributed by atoms with van der Waals surface area (Å²) in [7, 11) is 0. The molecule has 0 aromatic heterocycles. The first kappa shape index (κ1) is 25.5. The molecule has 0 aliphatic rings. The van der Waals surface area contributed by atoms with Gasteiger partial charge in [-0.3, -0.25) is 0 Å². The first-order valence-corrected chi connectivity index (χ1v) is 11.7. The highest BCUT2D eigenvalue weighted by molar-refractivity contribution is 5.84. The van der Waals surface area contributed by atoms with Crippen LogP contribution in [0.5, 0.6) is 5.75 Å². The number of hydrogen-bond donors (Lipinski definition) is 0. The third-order valence-electron chi connectivity index (χ3n) is 5.61. The van der Waals surface area contributed by atoms with Crippen LogP contribution < -0.4 is 9.64 Å². The van der Waals surface area contributed by atoms with Gasteiger partial charge < -0.3 is 14.4 Å². The molecule has 0 unspecified atom stereocenters. The average Bonchev–Trinajstić information content (AvgIpc) is 2.89. The molecule has 5 nitrogen and oxygen atoms in total. The van der Waals surface area contributed by atoms with Crippen LogP contribution in [0, 0.1) is 6.92 Å². The Bertz CT molecular complexity index is 1180. The van der Waals surface area contributed by atoms with Crippen molar-refractivity contribution in [3.8, 4) is 5.75 Å². The van der Waals surface area contributed by atoms with E-state index in [4.69, 9.17) is 9.47 Å². The lowest BCUT2D eigenvalue weighted by Crippen LogP contribution is -2.11. The second kappa shape index (κ2) is 12.4. The van der Waals surface area contributed by atoms with Gasteiger partial charge in [-0.05, 0) is 85.0 Å². The quantitative estimate of drug-likeness (QED) is 0.170. The van der Waals surface area contributed by atoms with E-state index in [0.717, 1.165) is 54.0 Å². The maximum Gasteiger partial charge on any atom is 0.335 e. The molecule has 0 atom stereocenters. The van der Waals surface area contributed by atoms with Crippen LogP contribution >= 0.6 is 0 Å². The summed E-state index contributed by atoms with van der Waals surface area (Å²) in [6.45, 7) is 11.4. The Morgan fingerprint density at radius 3 is 2.06 bits per heavy atom. The number of rotatable bonds is 11. The van der Waals surface area contributed by atoms with Gasteiger partial charge in [0.15, 0.2) is 0 Å². The molecule has 0 bridgehead atoms. The monoisotopic (exact) mass is 469 g/mol. The lowest BCUT2D eigenvalue weighted by molar-refractivity contribution is -0.139. The molecule has 0 spiro atoms. The highest BCUT2D eigenvalue weighted by Gasteiger charge is 2.15. The Labute approximate surface area is 207 Å². The normalized spacial score (nSPS) is 10.3. The molecule has 35 heavy (non-hydrogen) atoms. The lowest BCUT2D eigenvalue weighted by Gasteiger charge is -2.27. The summed E-state index contributed by atoms with van der Waals surface area (Å²) in [6.07, 6.45) is 5.58. The smallest absolute Gasteiger partial charge is 0.335 e. The molecule has 0 saturated carbocycles. The molecule has 3 aromatic carbocycles. The fourth-order valence-corrected chi connectivity index (χ4v) is 3.66. The van der Waals surface area contributed by atoms with Crippen LogP contribution in [0.2, 0.25) is 0 Å². The Morgan fingerprint density at radius 1 is 0.857 bits per heavy atom. The largest absolute Gasteiger partial charge is 0.458 e. The zero-order valence-corrected chi connectivity index (χ0v) is 20.3. The van der Waals surface area contributed by atoms with Gasteiger partial charge in [0, 0.05) is 29.2 Å². The molecular formula is C30H31NO4. The van der Waals surface area contributed by atoms with Gasteiger partial charge in [-0.25, -0.2) is 9.59 Å². The van der Waals surface area contributed by atoms with Gasteiger partial charge >= 0.3 is 11.9 Å². The predicted octanol–water partition coefficient (Wildman–Crippen LogP) is 7.13. The molecule has 180 valence electrons. The van der Waals surface area contributed by atoms with Gasteiger partial charge in [0.05, 0.1) is 0 Å². The van der Waals surface area contributed by atoms with Crippen LogP contribution in [0.15, 0.2) is 92.0 Å². The summed E-state index contributed by atoms with van der Waals surface area (Å²) >= 11 is 0. The van der Waals surface area contributed by atoms with Crippen LogP contribution in [0.4, 0.5) is 17.1 Å². The van der Waals surface area contributed by atoms with E-state index in [0.29, 0.717) is 5.75 Å². The third kappa shape index (κ3) is 6.93. The highest BCUT2D eigenvalue weighted by Crippen LogP contribution is 2.36. The van der Waals surface area contributed by atoms with Crippen molar-refractivity contribution < 1.29 is 19.1 Å². The van der Waals surface area contributed by atoms with Crippen LogP contribution in [0.25, 0.3) is 0 Å². The number of unbranched alkanes of at least 4 members (excludes halogenated alkanes) is 1. The molecule has 0 aliphatic carbocycles. The molecular weight excluding hydrogens is 438 g/mol. The third-order valence-corrected chi connectivity index (χ3v) is 5.61. The Morgan fingerprint density at radius 2 is 1.46 bits per heavy atom. The molecule has 0 heterocycles. The zero-order valence-electron chi connectivity index (χ0n) is 20.3. The van der Waals surface area contributed by atoms with Crippen molar-refractivity contribution in [3.05, 3.63) is 109 Å². The van der Waals surface area contributed by atoms with Gasteiger partial charge in [-0.15, -0.1) is 0 Å². The second-order valence-electron chi connectivity index (χ2n) is 8.15. The topological polar surface area (TPSA) is 55.8 Å². The summed E-state index contributed by atoms with van der Waals surface area (Å²) < 4.78 is 10.4. The SMILES string of the molecule is C=CC(=O)OCc1ccc(N(c2ccc(OC(=O)C=C)cc2)c2ccc(C)c(CCCC)c2)cc1. The van der Waals surface area contributed by atoms with Crippen molar-refractivity contribution in [1.82, 2.24) is 0 Å². The molecule has 0 N–H and O–H groups in total. The minimum absolute atomic E-state index is 0.181. The molecule has 0 amide bonds. The van der Waals surface area contributed by atoms with E-state index in [1.54, 1.807) is 12.1 Å². The van der Waals surface area contributed by atoms with E-state index < -0.39 is 11.9 Å². The number of nitrogens with zero attached hydrogens (tertiary/aromatic N) is 1. The number of carbonyl (C=O) groups is 2. The molecule has 0 aliphatic heterocycles. The number of benzene rings is 3. The van der Waals surface area contributed by atoms with Crippen molar-refractivity contribution in [2.75, 3.05) is 4.90 Å². The van der Waals surface area contributed by atoms with Crippen molar-refractivity contribution in [2.45, 2.75) is 39.7 Å². The van der Waals surface area contributed by atoms with E-state index in [-0.39, 0.29) is 6.61 Å². The lowest BCUT2D eigenvalue weighted by atomic mass is 10.0. The Balaban J connectivity index is 1.98. The van der Waals surface area contributed by atoms with E-state index in [2.05, 4.69) is 50.1 Å². The van der Waals surface area contributed by atoms with Crippen molar-refractivity contribution in [1.29, 1.82) is 0 Å². The molecule has 0 saturated heterocycles. The van der Waals surface area contributed by atoms with Crippen LogP contribution in [0.1, 0.15) is 36.5 Å². The number of aryl methyl sites for hydroxylation is 2. The number of anilines is 3. The standard InChI is InChI=1S/C30H31NO4/c1-5-8-9-24-20-27(13-10-22(24)4)31(26-16-18-28(19-17-26)35-30(33)7-3)25-14-11-23(12-15-25)21-34-29(32)6-2/h6-7,10-20H,2-3,5,8-9,21H2,1,4H3. The predicted molar refractivity (Wildman–Crippen MR) is 140 cm³/mol. The van der Waals surface area contributed by atoms with Crippen molar-refractivity contribution in [3.63, 3.8) is 0 Å². The van der Waals surface area contributed by atoms with Crippen LogP contribution in [0.3, 0.4) is 0 Å². The summed E-state index contributed by atoms with van der Waals surface area (Å²) in [4.78, 5) is 25.1. The highest BCUT2D eigenvalue weighted by atomic mass is 16.5. The van der Waals surface area contributed by atoms with E-state index in [9.17, 15) is 9.59 Å². The number of esters is 2. The van der Waals surface area contributed by atoms with Gasteiger partial charge in [0.1, 0.15) is 12.4 Å². The van der Waals surface area contributed by atoms with Crippen molar-refractivity contribution in [2.24, 2.45) is 0 Å². The van der Waals surface area contributed by atoms with Crippen LogP contribution in [-0.2, 0) is 27.4 Å². The van der Waals surface area contributed by atoms with Gasteiger partial charge in [0.2, 0.25) is 0 Å². The second-order valence-corrected chi connectivity index (χ2v) is 8.15. The van der Waals surface area contributed by atoms with Crippen molar-refractivity contribution >= 4 is 29.0 Å². The zero-order chi connectivity index (χ0) is 25.2. The minimum Gasteiger partial charge on any atom is -0.458 e. The van der Waals surface area contributed by atoms with Gasteiger partial charge in [0.25, 0.3) is 0 Å². The first-order chi connectivity index (χ1) is 16.9. The van der Waals surface area contributed by atoms with E-state index in [1.165, 1.54) is 11.1 Å². The Kier molecular flexibility index (Phi) is 9.02. The number of carbonyl (C=O) groups excluding carboxylic acids is 2. The maximum atomic E-state index is 11.6. The van der Waals surface area contributed by atoms with E-state index >= 15 is 0 Å².